The molecule has 5 saturated carbocycles. The van der Waals surface area contributed by atoms with E-state index >= 15 is 0 Å². The summed E-state index contributed by atoms with van der Waals surface area (Å²) in [5.41, 5.74) is 20.3. The SMILES string of the molecule is CC(C)(C)c1cc(F)c(C2CC2)cc1F.CC(C)(C)c1ccc(C2CC2)cc1.CC(C)(C)c1ccc(C2CC2)cc1Cl.CC(C)(C)c1ccc(C2CC2)cc1F.CSc1ccc(C(C)(C)C)c(C)c1.CSc1ccc(C(C)(C)C)c(Cl)c1.CSc1ccc(C(C)(C)C)c(F)c1.CSc1ccc(C(C)(C)C)cc1.Cc1cc(C2CC2)ccc1C(C)(C)C. The summed E-state index contributed by atoms with van der Waals surface area (Å²) in [5, 5.41) is 1.81. The van der Waals surface area contributed by atoms with E-state index in [1.54, 1.807) is 64.7 Å². The number of halogens is 6. The van der Waals surface area contributed by atoms with Gasteiger partial charge in [0.05, 0.1) is 0 Å². The average molecular weight is 1760 g/mol. The van der Waals surface area contributed by atoms with Gasteiger partial charge in [-0.3, -0.25) is 0 Å². The summed E-state index contributed by atoms with van der Waals surface area (Å²) in [7, 11) is 0. The van der Waals surface area contributed by atoms with Crippen LogP contribution in [-0.2, 0) is 48.7 Å². The van der Waals surface area contributed by atoms with Crippen molar-refractivity contribution in [3.8, 4) is 0 Å². The molecule has 0 aromatic heterocycles. The normalized spacial score (nSPS) is 14.9. The van der Waals surface area contributed by atoms with Crippen molar-refractivity contribution < 1.29 is 17.6 Å². The van der Waals surface area contributed by atoms with Crippen molar-refractivity contribution in [2.75, 3.05) is 25.0 Å². The highest BCUT2D eigenvalue weighted by Crippen LogP contribution is 2.47. The molecule has 0 atom stereocenters. The van der Waals surface area contributed by atoms with Gasteiger partial charge in [-0.15, -0.1) is 47.0 Å². The summed E-state index contributed by atoms with van der Waals surface area (Å²) in [4.78, 5) is 4.89. The van der Waals surface area contributed by atoms with Crippen LogP contribution in [0.25, 0.3) is 0 Å². The van der Waals surface area contributed by atoms with Crippen LogP contribution < -0.4 is 0 Å². The molecular formula is C111H152Cl2F4S4. The van der Waals surface area contributed by atoms with Crippen LogP contribution in [0.3, 0.4) is 0 Å². The lowest BCUT2D eigenvalue weighted by Crippen LogP contribution is -2.14. The number of hydrogen-bond acceptors (Lipinski definition) is 4. The highest BCUT2D eigenvalue weighted by molar-refractivity contribution is 7.99. The topological polar surface area (TPSA) is 0 Å². The van der Waals surface area contributed by atoms with E-state index in [9.17, 15) is 17.6 Å². The highest BCUT2D eigenvalue weighted by atomic mass is 35.5. The third kappa shape index (κ3) is 34.4. The van der Waals surface area contributed by atoms with E-state index in [0.717, 1.165) is 56.7 Å². The van der Waals surface area contributed by atoms with Crippen LogP contribution in [0.15, 0.2) is 189 Å². The van der Waals surface area contributed by atoms with Crippen LogP contribution in [-0.4, -0.2) is 25.0 Å². The fourth-order valence-corrected chi connectivity index (χ4v) is 17.3. The number of thioether (sulfide) groups is 4. The van der Waals surface area contributed by atoms with Crippen LogP contribution in [0.4, 0.5) is 17.6 Å². The molecule has 0 bridgehead atoms. The summed E-state index contributed by atoms with van der Waals surface area (Å²) in [5.74, 6) is 2.79. The zero-order valence-electron chi connectivity index (χ0n) is 80.5. The van der Waals surface area contributed by atoms with E-state index < -0.39 is 0 Å². The molecule has 662 valence electrons. The van der Waals surface area contributed by atoms with E-state index in [1.165, 1.54) is 139 Å². The molecule has 0 nitrogen and oxygen atoms in total. The van der Waals surface area contributed by atoms with Gasteiger partial charge in [0.1, 0.15) is 23.3 Å². The summed E-state index contributed by atoms with van der Waals surface area (Å²) in [6.07, 6.45) is 20.9. The first-order valence-electron chi connectivity index (χ1n) is 44.1. The summed E-state index contributed by atoms with van der Waals surface area (Å²) >= 11 is 19.3. The van der Waals surface area contributed by atoms with Gasteiger partial charge in [-0.1, -0.05) is 307 Å². The van der Waals surface area contributed by atoms with Crippen molar-refractivity contribution in [1.82, 2.24) is 0 Å². The Morgan fingerprint density at radius 1 is 0.231 bits per heavy atom. The van der Waals surface area contributed by atoms with Gasteiger partial charge in [-0.2, -0.15) is 0 Å². The summed E-state index contributed by atoms with van der Waals surface area (Å²) in [6, 6.07) is 58.5. The van der Waals surface area contributed by atoms with Crippen LogP contribution in [0.1, 0.15) is 370 Å². The van der Waals surface area contributed by atoms with Gasteiger partial charge in [-0.25, -0.2) is 17.6 Å². The maximum atomic E-state index is 13.7. The molecule has 5 aliphatic carbocycles. The van der Waals surface area contributed by atoms with Crippen LogP contribution in [0.5, 0.6) is 0 Å². The fraction of sp³-hybridized carbons (Fsp3) is 0.514. The van der Waals surface area contributed by atoms with Gasteiger partial charge >= 0.3 is 0 Å². The number of aryl methyl sites for hydroxylation is 2. The Balaban J connectivity index is 0.000000211. The predicted octanol–water partition coefficient (Wildman–Crippen LogP) is 36.6. The van der Waals surface area contributed by atoms with Gasteiger partial charge in [0.25, 0.3) is 0 Å². The molecule has 9 aromatic carbocycles. The van der Waals surface area contributed by atoms with E-state index in [2.05, 4.69) is 279 Å². The molecule has 0 spiro atoms. The van der Waals surface area contributed by atoms with Crippen molar-refractivity contribution >= 4 is 70.2 Å². The van der Waals surface area contributed by atoms with Gasteiger partial charge in [0.2, 0.25) is 0 Å². The Labute approximate surface area is 761 Å². The first-order chi connectivity index (χ1) is 55.8. The number of rotatable bonds is 9. The zero-order valence-corrected chi connectivity index (χ0v) is 85.3. The molecule has 0 saturated heterocycles. The summed E-state index contributed by atoms with van der Waals surface area (Å²) in [6.45, 7) is 62.5. The largest absolute Gasteiger partial charge is 0.207 e. The molecule has 5 fully saturated rings. The highest BCUT2D eigenvalue weighted by Gasteiger charge is 2.32. The van der Waals surface area contributed by atoms with Crippen molar-refractivity contribution in [2.24, 2.45) is 0 Å². The lowest BCUT2D eigenvalue weighted by atomic mass is 9.83. The van der Waals surface area contributed by atoms with E-state index in [0.29, 0.717) is 22.5 Å². The molecule has 121 heavy (non-hydrogen) atoms. The molecule has 0 heterocycles. The molecule has 9 aromatic rings. The van der Waals surface area contributed by atoms with Crippen LogP contribution >= 0.6 is 70.2 Å². The lowest BCUT2D eigenvalue weighted by molar-refractivity contribution is 0.507. The number of hydrogen-bond donors (Lipinski definition) is 0. The number of benzene rings is 9. The Hall–Kier alpha value is -5.32. The van der Waals surface area contributed by atoms with Crippen molar-refractivity contribution in [2.45, 2.75) is 363 Å². The average Bonchev–Trinajstić information content (AvgIpc) is 1.69. The Morgan fingerprint density at radius 2 is 0.496 bits per heavy atom. The molecule has 0 amide bonds. The van der Waals surface area contributed by atoms with E-state index in [-0.39, 0.29) is 72.5 Å². The third-order valence-corrected chi connectivity index (χ3v) is 26.3. The molecule has 14 rings (SSSR count). The van der Waals surface area contributed by atoms with Crippen molar-refractivity contribution in [3.05, 3.63) is 292 Å². The molecular weight excluding hydrogens is 1610 g/mol. The molecule has 0 aliphatic heterocycles. The smallest absolute Gasteiger partial charge is 0.128 e. The monoisotopic (exact) mass is 1760 g/mol. The quantitative estimate of drug-likeness (QED) is 0.104. The summed E-state index contributed by atoms with van der Waals surface area (Å²) < 4.78 is 54.7. The Kier molecular flexibility index (Phi) is 37.9. The van der Waals surface area contributed by atoms with Gasteiger partial charge in [-0.05, 0) is 343 Å². The molecule has 10 heteroatoms. The van der Waals surface area contributed by atoms with Gasteiger partial charge in [0, 0.05) is 29.6 Å². The van der Waals surface area contributed by atoms with Gasteiger partial charge < -0.3 is 0 Å². The Morgan fingerprint density at radius 3 is 0.818 bits per heavy atom. The molecule has 5 aliphatic rings. The second-order valence-electron chi connectivity index (χ2n) is 43.3. The standard InChI is InChI=1S/C14H20.C13H17Cl.C13H16F2.C13H17F.C13H18.C12H18S.C11H15ClS.C11H15FS.C11H16S/c1-10-9-12(11-5-6-11)7-8-13(10)14(2,3)4;1-13(2,3)11-7-6-10(8-12(11)14)9-4-5-9;1-13(2,3)10-7-11(14)9(6-12(10)15)8-4-5-8;1-13(2,3)11-7-6-10(8-12(11)14)9-4-5-9;1-13(2,3)12-8-6-11(7-9-12)10-4-5-10;1-9-8-10(13-5)6-7-11(9)12(2,3)4;2*1-11(2,3)9-6-5-8(13-4)7-10(9)12;1-11(2,3)9-5-7-10(12-4)8-6-9/h7-9,11H,5-6H2,1-4H3;6-9H,4-5H2,1-3H3;6-8H,4-5H2,1-3H3;6-9H,4-5H2,1-3H3;6-10H,4-5H2,1-3H3;6-8H,1-5H3;2*5-7H,1-4H3;5-8H,1-4H3. The van der Waals surface area contributed by atoms with Crippen LogP contribution in [0, 0.1) is 37.1 Å². The van der Waals surface area contributed by atoms with Crippen molar-refractivity contribution in [1.29, 1.82) is 0 Å². The Bertz CT molecular complexity index is 4440. The predicted molar refractivity (Wildman–Crippen MR) is 533 cm³/mol. The maximum Gasteiger partial charge on any atom is 0.128 e. The van der Waals surface area contributed by atoms with Crippen LogP contribution in [0.2, 0.25) is 10.0 Å². The first kappa shape index (κ1) is 104. The van der Waals surface area contributed by atoms with Gasteiger partial charge in [0.15, 0.2) is 0 Å². The molecule has 0 radical (unpaired) electrons. The van der Waals surface area contributed by atoms with E-state index in [4.69, 9.17) is 23.2 Å². The zero-order chi connectivity index (χ0) is 91.1. The second kappa shape index (κ2) is 43.9. The first-order valence-corrected chi connectivity index (χ1v) is 49.7. The van der Waals surface area contributed by atoms with E-state index in [1.807, 2.05) is 92.8 Å². The third-order valence-electron chi connectivity index (χ3n) is 22.7. The second-order valence-corrected chi connectivity index (χ2v) is 47.6. The minimum atomic E-state index is -0.340. The molecule has 0 unspecified atom stereocenters. The molecule has 0 N–H and O–H groups in total. The fourth-order valence-electron chi connectivity index (χ4n) is 14.5. The minimum Gasteiger partial charge on any atom is -0.207 e. The van der Waals surface area contributed by atoms with Crippen molar-refractivity contribution in [3.63, 3.8) is 0 Å². The minimum absolute atomic E-state index is 0.0399. The lowest BCUT2D eigenvalue weighted by Gasteiger charge is -2.22. The maximum absolute atomic E-state index is 13.7.